The van der Waals surface area contributed by atoms with Gasteiger partial charge in [0.25, 0.3) is 0 Å². The van der Waals surface area contributed by atoms with Crippen molar-refractivity contribution in [2.75, 3.05) is 18.4 Å². The van der Waals surface area contributed by atoms with Gasteiger partial charge in [0.2, 0.25) is 0 Å². The van der Waals surface area contributed by atoms with Crippen molar-refractivity contribution in [3.63, 3.8) is 0 Å². The maximum Gasteiger partial charge on any atom is 0.130 e. The van der Waals surface area contributed by atoms with Crippen LogP contribution in [0.4, 0.5) is 5.69 Å². The highest BCUT2D eigenvalue weighted by molar-refractivity contribution is 5.97. The Morgan fingerprint density at radius 1 is 1.21 bits per heavy atom. The van der Waals surface area contributed by atoms with Crippen molar-refractivity contribution in [2.24, 2.45) is 5.73 Å². The van der Waals surface area contributed by atoms with Crippen LogP contribution in [-0.4, -0.2) is 36.4 Å². The van der Waals surface area contributed by atoms with Gasteiger partial charge >= 0.3 is 0 Å². The van der Waals surface area contributed by atoms with Crippen molar-refractivity contribution in [3.8, 4) is 0 Å². The fourth-order valence-electron chi connectivity index (χ4n) is 4.86. The third-order valence-corrected chi connectivity index (χ3v) is 6.97. The molecule has 5 rings (SSSR count). The van der Waals surface area contributed by atoms with Crippen molar-refractivity contribution in [1.82, 2.24) is 10.3 Å². The fourth-order valence-corrected chi connectivity index (χ4v) is 4.86. The van der Waals surface area contributed by atoms with Crippen LogP contribution in [0.25, 0.3) is 16.5 Å². The van der Waals surface area contributed by atoms with E-state index in [4.69, 9.17) is 10.7 Å². The predicted molar refractivity (Wildman–Crippen MR) is 118 cm³/mol. The van der Waals surface area contributed by atoms with E-state index < -0.39 is 0 Å². The van der Waals surface area contributed by atoms with Crippen LogP contribution in [0.3, 0.4) is 0 Å². The summed E-state index contributed by atoms with van der Waals surface area (Å²) in [4.78, 5) is 16.7. The van der Waals surface area contributed by atoms with Gasteiger partial charge in [-0.3, -0.25) is 4.98 Å². The first-order chi connectivity index (χ1) is 14.2. The second-order valence-corrected chi connectivity index (χ2v) is 8.99. The molecule has 1 aromatic carbocycles. The Hall–Kier alpha value is -2.24. The van der Waals surface area contributed by atoms with Gasteiger partial charge in [-0.25, -0.2) is 0 Å². The average Bonchev–Trinajstić information content (AvgIpc) is 3.57. The number of carbonyl (C=O) groups excluding carboxylic acids is 1. The maximum absolute atomic E-state index is 11.9. The minimum Gasteiger partial charge on any atom is -0.381 e. The molecule has 5 heteroatoms. The standard InChI is InChI=1S/C24H30N4O/c25-18-2-4-19(5-3-18)28-23-20-13-17(16-7-11-26-12-8-16)1-6-22(20)27-14-21(23)24(15-29)9-10-24/h1,6-7,13-15,18-19,26H,2-5,8-12,25H2,(H,27,28)/t18-,19-. The molecule has 0 bridgehead atoms. The summed E-state index contributed by atoms with van der Waals surface area (Å²) in [5, 5.41) is 8.36. The lowest BCUT2D eigenvalue weighted by Gasteiger charge is -2.30. The molecule has 152 valence electrons. The Morgan fingerprint density at radius 3 is 2.72 bits per heavy atom. The summed E-state index contributed by atoms with van der Waals surface area (Å²) in [6.07, 6.45) is 12.5. The molecule has 2 fully saturated rings. The monoisotopic (exact) mass is 390 g/mol. The normalized spacial score (nSPS) is 26.0. The molecular formula is C24H30N4O. The minimum absolute atomic E-state index is 0.324. The summed E-state index contributed by atoms with van der Waals surface area (Å²) in [6, 6.07) is 7.32. The average molecular weight is 391 g/mol. The highest BCUT2D eigenvalue weighted by Gasteiger charge is 2.46. The number of aromatic nitrogens is 1. The van der Waals surface area contributed by atoms with Gasteiger partial charge in [0.1, 0.15) is 6.29 Å². The smallest absolute Gasteiger partial charge is 0.130 e. The summed E-state index contributed by atoms with van der Waals surface area (Å²) in [7, 11) is 0. The van der Waals surface area contributed by atoms with Crippen molar-refractivity contribution in [1.29, 1.82) is 0 Å². The Balaban J connectivity index is 1.59. The van der Waals surface area contributed by atoms with Gasteiger partial charge in [-0.2, -0.15) is 0 Å². The molecule has 0 unspecified atom stereocenters. The van der Waals surface area contributed by atoms with E-state index in [0.29, 0.717) is 12.1 Å². The Kier molecular flexibility index (Phi) is 4.88. The third kappa shape index (κ3) is 3.58. The molecule has 0 spiro atoms. The molecule has 0 amide bonds. The lowest BCUT2D eigenvalue weighted by atomic mass is 9.89. The zero-order valence-corrected chi connectivity index (χ0v) is 16.9. The molecular weight excluding hydrogens is 360 g/mol. The molecule has 29 heavy (non-hydrogen) atoms. The lowest BCUT2D eigenvalue weighted by molar-refractivity contribution is -0.109. The van der Waals surface area contributed by atoms with Crippen LogP contribution < -0.4 is 16.4 Å². The minimum atomic E-state index is -0.349. The van der Waals surface area contributed by atoms with Crippen molar-refractivity contribution in [2.45, 2.75) is 62.4 Å². The van der Waals surface area contributed by atoms with E-state index in [0.717, 1.165) is 86.5 Å². The van der Waals surface area contributed by atoms with Gasteiger partial charge in [-0.15, -0.1) is 0 Å². The van der Waals surface area contributed by atoms with Gasteiger partial charge < -0.3 is 21.2 Å². The van der Waals surface area contributed by atoms with Gasteiger partial charge in [0.15, 0.2) is 0 Å². The van der Waals surface area contributed by atoms with Gasteiger partial charge in [0, 0.05) is 41.5 Å². The zero-order valence-electron chi connectivity index (χ0n) is 16.9. The van der Waals surface area contributed by atoms with Crippen LogP contribution in [0.2, 0.25) is 0 Å². The molecule has 2 aliphatic carbocycles. The lowest BCUT2D eigenvalue weighted by Crippen LogP contribution is -2.33. The molecule has 2 saturated carbocycles. The van der Waals surface area contributed by atoms with Crippen LogP contribution in [-0.2, 0) is 10.2 Å². The molecule has 2 heterocycles. The topological polar surface area (TPSA) is 80.0 Å². The fraction of sp³-hybridized carbons (Fsp3) is 0.500. The number of nitrogens with zero attached hydrogens (tertiary/aromatic N) is 1. The van der Waals surface area contributed by atoms with E-state index in [9.17, 15) is 4.79 Å². The quantitative estimate of drug-likeness (QED) is 0.681. The Morgan fingerprint density at radius 2 is 2.03 bits per heavy atom. The summed E-state index contributed by atoms with van der Waals surface area (Å²) in [5.41, 5.74) is 11.6. The molecule has 0 atom stereocenters. The summed E-state index contributed by atoms with van der Waals surface area (Å²) < 4.78 is 0. The molecule has 0 radical (unpaired) electrons. The van der Waals surface area contributed by atoms with Crippen molar-refractivity contribution >= 4 is 28.4 Å². The second kappa shape index (κ2) is 7.54. The number of anilines is 1. The second-order valence-electron chi connectivity index (χ2n) is 8.99. The van der Waals surface area contributed by atoms with E-state index >= 15 is 0 Å². The zero-order chi connectivity index (χ0) is 19.8. The largest absolute Gasteiger partial charge is 0.381 e. The Bertz CT molecular complexity index is 955. The highest BCUT2D eigenvalue weighted by atomic mass is 16.1. The van der Waals surface area contributed by atoms with E-state index in [1.54, 1.807) is 0 Å². The molecule has 2 aromatic rings. The SMILES string of the molecule is N[C@H]1CC[C@H](Nc2c(C3(C=O)CC3)cnc3ccc(C4=CCNCC4)cc23)CC1. The number of nitrogens with one attached hydrogen (secondary N) is 2. The van der Waals surface area contributed by atoms with Crippen LogP contribution in [0, 0.1) is 0 Å². The maximum atomic E-state index is 11.9. The van der Waals surface area contributed by atoms with E-state index in [1.165, 1.54) is 11.1 Å². The number of aldehydes is 1. The van der Waals surface area contributed by atoms with Crippen LogP contribution in [0.5, 0.6) is 0 Å². The number of carbonyl (C=O) groups is 1. The number of benzene rings is 1. The van der Waals surface area contributed by atoms with Crippen LogP contribution in [0.1, 0.15) is 56.1 Å². The molecule has 1 aliphatic heterocycles. The summed E-state index contributed by atoms with van der Waals surface area (Å²) in [6.45, 7) is 1.94. The molecule has 0 saturated heterocycles. The van der Waals surface area contributed by atoms with E-state index in [2.05, 4.69) is 34.9 Å². The van der Waals surface area contributed by atoms with Crippen molar-refractivity contribution < 1.29 is 4.79 Å². The van der Waals surface area contributed by atoms with Gasteiger partial charge in [-0.1, -0.05) is 12.1 Å². The summed E-state index contributed by atoms with van der Waals surface area (Å²) >= 11 is 0. The summed E-state index contributed by atoms with van der Waals surface area (Å²) in [5.74, 6) is 0. The first-order valence-electron chi connectivity index (χ1n) is 11.0. The predicted octanol–water partition coefficient (Wildman–Crippen LogP) is 3.52. The first-order valence-corrected chi connectivity index (χ1v) is 11.0. The van der Waals surface area contributed by atoms with Crippen LogP contribution >= 0.6 is 0 Å². The number of hydrogen-bond acceptors (Lipinski definition) is 5. The molecule has 4 N–H and O–H groups in total. The van der Waals surface area contributed by atoms with Crippen LogP contribution in [0.15, 0.2) is 30.5 Å². The molecule has 3 aliphatic rings. The van der Waals surface area contributed by atoms with Gasteiger partial charge in [-0.05, 0) is 74.8 Å². The molecule has 1 aromatic heterocycles. The van der Waals surface area contributed by atoms with E-state index in [1.807, 2.05) is 6.20 Å². The number of pyridine rings is 1. The first kappa shape index (κ1) is 18.8. The third-order valence-electron chi connectivity index (χ3n) is 6.97. The number of hydrogen-bond donors (Lipinski definition) is 3. The molecule has 5 nitrogen and oxygen atoms in total. The van der Waals surface area contributed by atoms with E-state index in [-0.39, 0.29) is 5.41 Å². The number of fused-ring (bicyclic) bond motifs is 1. The number of nitrogens with two attached hydrogens (primary N) is 1. The van der Waals surface area contributed by atoms with Gasteiger partial charge in [0.05, 0.1) is 10.9 Å². The number of rotatable bonds is 5. The highest BCUT2D eigenvalue weighted by Crippen LogP contribution is 2.50. The Labute approximate surface area is 172 Å². The van der Waals surface area contributed by atoms with Crippen molar-refractivity contribution in [3.05, 3.63) is 41.6 Å².